The van der Waals surface area contributed by atoms with Crippen molar-refractivity contribution in [2.45, 2.75) is 122 Å². The lowest BCUT2D eigenvalue weighted by Gasteiger charge is -2.29. The molecule has 7 amide bonds. The van der Waals surface area contributed by atoms with E-state index in [1.807, 2.05) is 27.7 Å². The van der Waals surface area contributed by atoms with Crippen molar-refractivity contribution in [1.82, 2.24) is 31.9 Å². The predicted octanol–water partition coefficient (Wildman–Crippen LogP) is -0.773. The summed E-state index contributed by atoms with van der Waals surface area (Å²) in [6, 6.07) is -1.17. The van der Waals surface area contributed by atoms with Crippen LogP contribution in [0.4, 0.5) is 0 Å². The minimum atomic E-state index is -1.80. The summed E-state index contributed by atoms with van der Waals surface area (Å²) < 4.78 is 0. The molecule has 0 spiro atoms. The van der Waals surface area contributed by atoms with Crippen LogP contribution in [-0.2, 0) is 49.6 Å². The van der Waals surface area contributed by atoms with E-state index in [1.54, 1.807) is 44.2 Å². The first-order valence-corrected chi connectivity index (χ1v) is 20.0. The highest BCUT2D eigenvalue weighted by molar-refractivity contribution is 8.13. The lowest BCUT2D eigenvalue weighted by molar-refractivity contribution is -0.141. The van der Waals surface area contributed by atoms with Gasteiger partial charge in [0, 0.05) is 12.2 Å². The van der Waals surface area contributed by atoms with Crippen LogP contribution in [0.3, 0.4) is 0 Å². The maximum atomic E-state index is 13.9. The Balaban J connectivity index is 2.65. The number of carboxylic acids is 1. The summed E-state index contributed by atoms with van der Waals surface area (Å²) in [5.41, 5.74) is 12.0. The molecule has 1 aromatic carbocycles. The Morgan fingerprint density at radius 1 is 0.789 bits per heavy atom. The first-order chi connectivity index (χ1) is 26.7. The Morgan fingerprint density at radius 2 is 1.32 bits per heavy atom. The van der Waals surface area contributed by atoms with Crippen molar-refractivity contribution < 1.29 is 48.3 Å². The molecule has 8 atom stereocenters. The minimum absolute atomic E-state index is 0.0837. The number of hydrogen-bond acceptors (Lipinski definition) is 11. The fraction of sp³-hybridized carbons (Fsp3) is 0.605. The van der Waals surface area contributed by atoms with Crippen LogP contribution in [0.15, 0.2) is 30.3 Å². The number of carbonyl (C=O) groups is 9. The van der Waals surface area contributed by atoms with Crippen molar-refractivity contribution >= 4 is 64.2 Å². The average molecular weight is 819 g/mol. The molecule has 1 aromatic rings. The molecule has 1 heterocycles. The number of carbonyl (C=O) groups excluding carboxylic acids is 8. The fourth-order valence-corrected chi connectivity index (χ4v) is 6.75. The Hall–Kier alpha value is -5.04. The third-order valence-electron chi connectivity index (χ3n) is 9.20. The zero-order valence-electron chi connectivity index (χ0n) is 33.3. The van der Waals surface area contributed by atoms with Gasteiger partial charge in [0.2, 0.25) is 46.5 Å². The summed E-state index contributed by atoms with van der Waals surface area (Å²) in [4.78, 5) is 120. The van der Waals surface area contributed by atoms with Gasteiger partial charge in [-0.15, -0.1) is 0 Å². The second-order valence-corrected chi connectivity index (χ2v) is 16.1. The molecule has 0 aliphatic carbocycles. The van der Waals surface area contributed by atoms with Gasteiger partial charge in [0.1, 0.15) is 30.2 Å². The Labute approximate surface area is 336 Å². The SMILES string of the molecule is CCC(C)C(N)C(=O)N[C@@H](CC(N)=O)C(=O)N[C@H]1CSC(=O)[C@H](CC(C)C)NC(=O)[C@H](CC(C)C)NC(=O)[C@H](Cc2ccccc2)NC(=O)[C@H](CC(=O)O)NC1=O. The van der Waals surface area contributed by atoms with Crippen molar-refractivity contribution in [3.8, 4) is 0 Å². The summed E-state index contributed by atoms with van der Waals surface area (Å²) in [6.45, 7) is 10.8. The molecule has 18 nitrogen and oxygen atoms in total. The molecule has 19 heteroatoms. The highest BCUT2D eigenvalue weighted by Crippen LogP contribution is 2.17. The van der Waals surface area contributed by atoms with Crippen LogP contribution < -0.4 is 43.4 Å². The summed E-state index contributed by atoms with van der Waals surface area (Å²) in [6.07, 6.45) is -0.878. The smallest absolute Gasteiger partial charge is 0.305 e. The molecule has 57 heavy (non-hydrogen) atoms. The number of amides is 7. The van der Waals surface area contributed by atoms with Crippen molar-refractivity contribution in [3.05, 3.63) is 35.9 Å². The van der Waals surface area contributed by atoms with Crippen molar-refractivity contribution in [2.24, 2.45) is 29.2 Å². The van der Waals surface area contributed by atoms with Gasteiger partial charge >= 0.3 is 5.97 Å². The Bertz CT molecular complexity index is 1610. The van der Waals surface area contributed by atoms with E-state index in [-0.39, 0.29) is 37.0 Å². The molecule has 0 aromatic heterocycles. The maximum absolute atomic E-state index is 13.9. The van der Waals surface area contributed by atoms with E-state index in [2.05, 4.69) is 31.9 Å². The number of rotatable bonds is 16. The zero-order chi connectivity index (χ0) is 43.0. The second kappa shape index (κ2) is 23.3. The van der Waals surface area contributed by atoms with E-state index < -0.39 is 113 Å². The van der Waals surface area contributed by atoms with E-state index in [0.717, 1.165) is 0 Å². The highest BCUT2D eigenvalue weighted by Gasteiger charge is 2.37. The van der Waals surface area contributed by atoms with Crippen LogP contribution in [0.5, 0.6) is 0 Å². The van der Waals surface area contributed by atoms with Crippen LogP contribution in [0, 0.1) is 17.8 Å². The highest BCUT2D eigenvalue weighted by atomic mass is 32.2. The lowest BCUT2D eigenvalue weighted by Crippen LogP contribution is -2.61. The van der Waals surface area contributed by atoms with Crippen molar-refractivity contribution in [3.63, 3.8) is 0 Å². The molecular formula is C38H58N8O10S. The molecule has 2 unspecified atom stereocenters. The van der Waals surface area contributed by atoms with E-state index >= 15 is 0 Å². The third kappa shape index (κ3) is 16.5. The number of primary amides is 1. The summed E-state index contributed by atoms with van der Waals surface area (Å²) >= 11 is 0.570. The normalized spacial score (nSPS) is 23.0. The molecule has 11 N–H and O–H groups in total. The lowest BCUT2D eigenvalue weighted by atomic mass is 9.99. The molecule has 316 valence electrons. The van der Waals surface area contributed by atoms with Gasteiger partial charge in [-0.05, 0) is 36.2 Å². The zero-order valence-corrected chi connectivity index (χ0v) is 34.1. The van der Waals surface area contributed by atoms with E-state index in [4.69, 9.17) is 11.5 Å². The van der Waals surface area contributed by atoms with Crippen LogP contribution in [-0.4, -0.2) is 106 Å². The van der Waals surface area contributed by atoms with Crippen molar-refractivity contribution in [1.29, 1.82) is 0 Å². The van der Waals surface area contributed by atoms with Gasteiger partial charge in [0.15, 0.2) is 0 Å². The predicted molar refractivity (Wildman–Crippen MR) is 212 cm³/mol. The number of hydrogen-bond donors (Lipinski definition) is 9. The molecular weight excluding hydrogens is 761 g/mol. The van der Waals surface area contributed by atoms with Gasteiger partial charge in [-0.3, -0.25) is 43.2 Å². The summed E-state index contributed by atoms with van der Waals surface area (Å²) in [7, 11) is 0. The molecule has 1 saturated heterocycles. The third-order valence-corrected chi connectivity index (χ3v) is 10.3. The van der Waals surface area contributed by atoms with Gasteiger partial charge in [-0.2, -0.15) is 0 Å². The average Bonchev–Trinajstić information content (AvgIpc) is 3.13. The molecule has 0 radical (unpaired) electrons. The van der Waals surface area contributed by atoms with Crippen LogP contribution >= 0.6 is 11.8 Å². The Kier molecular flexibility index (Phi) is 19.6. The summed E-state index contributed by atoms with van der Waals surface area (Å²) in [5.74, 6) is -8.93. The quantitative estimate of drug-likeness (QED) is 0.0994. The monoisotopic (exact) mass is 818 g/mol. The number of aliphatic carboxylic acids is 1. The molecule has 2 rings (SSSR count). The van der Waals surface area contributed by atoms with Gasteiger partial charge in [-0.25, -0.2) is 0 Å². The van der Waals surface area contributed by atoms with Gasteiger partial charge in [0.05, 0.1) is 24.9 Å². The molecule has 1 fully saturated rings. The largest absolute Gasteiger partial charge is 0.481 e. The number of carboxylic acid groups (broad SMARTS) is 1. The van der Waals surface area contributed by atoms with Crippen molar-refractivity contribution in [2.75, 3.05) is 5.75 Å². The summed E-state index contributed by atoms with van der Waals surface area (Å²) in [5, 5.41) is 24.2. The van der Waals surface area contributed by atoms with Gasteiger partial charge in [-0.1, -0.05) is 90.1 Å². The minimum Gasteiger partial charge on any atom is -0.481 e. The molecule has 0 bridgehead atoms. The number of nitrogens with two attached hydrogens (primary N) is 2. The number of benzene rings is 1. The van der Waals surface area contributed by atoms with Crippen LogP contribution in [0.2, 0.25) is 0 Å². The van der Waals surface area contributed by atoms with Crippen LogP contribution in [0.25, 0.3) is 0 Å². The van der Waals surface area contributed by atoms with E-state index in [0.29, 0.717) is 23.7 Å². The maximum Gasteiger partial charge on any atom is 0.305 e. The van der Waals surface area contributed by atoms with E-state index in [9.17, 15) is 48.3 Å². The molecule has 1 aliphatic heterocycles. The van der Waals surface area contributed by atoms with Gasteiger partial charge in [0.25, 0.3) is 0 Å². The topological polar surface area (TPSA) is 298 Å². The molecule has 0 saturated carbocycles. The fourth-order valence-electron chi connectivity index (χ4n) is 5.83. The standard InChI is InChI=1S/C38H58N8O10S/c1-7-21(6)31(40)37(55)44-25(16-29(39)47)34(52)46-28-18-57-38(56)27(14-20(4)5)45-32(50)23(13-19(2)3)41-33(51)24(15-22-11-9-8-10-12-22)42-35(53)26(17-30(48)49)43-36(28)54/h8-12,19-21,23-28,31H,7,13-18,40H2,1-6H3,(H2,39,47)(H,41,51)(H,42,53)(H,43,54)(H,44,55)(H,45,50)(H,46,52)(H,48,49)/t21?,23-,24-,25-,26-,27-,28-,31?/m0/s1. The first-order valence-electron chi connectivity index (χ1n) is 19.0. The van der Waals surface area contributed by atoms with E-state index in [1.165, 1.54) is 0 Å². The number of thioether (sulfide) groups is 1. The first kappa shape index (κ1) is 48.1. The van der Waals surface area contributed by atoms with Crippen LogP contribution in [0.1, 0.15) is 79.2 Å². The number of nitrogens with one attached hydrogen (secondary N) is 6. The second-order valence-electron chi connectivity index (χ2n) is 15.1. The molecule has 1 aliphatic rings. The van der Waals surface area contributed by atoms with Gasteiger partial charge < -0.3 is 48.5 Å². The Morgan fingerprint density at radius 3 is 1.88 bits per heavy atom.